The number of nitrogens with one attached hydrogen (secondary N) is 1. The summed E-state index contributed by atoms with van der Waals surface area (Å²) in [5, 5.41) is 3.39. The zero-order valence-corrected chi connectivity index (χ0v) is 14.4. The number of nitrogens with zero attached hydrogens (tertiary/aromatic N) is 2. The van der Waals surface area contributed by atoms with Gasteiger partial charge in [-0.1, -0.05) is 32.6 Å². The van der Waals surface area contributed by atoms with Crippen molar-refractivity contribution in [3.8, 4) is 0 Å². The highest BCUT2D eigenvalue weighted by atomic mass is 16.2. The number of fused-ring (bicyclic) bond motifs is 1. The van der Waals surface area contributed by atoms with Crippen molar-refractivity contribution in [2.75, 3.05) is 0 Å². The first kappa shape index (κ1) is 16.4. The Kier molecular flexibility index (Phi) is 4.26. The van der Waals surface area contributed by atoms with Crippen molar-refractivity contribution in [1.82, 2.24) is 14.9 Å². The minimum atomic E-state index is -0.521. The van der Waals surface area contributed by atoms with Crippen molar-refractivity contribution in [1.29, 1.82) is 0 Å². The number of hydrogen-bond donors (Lipinski definition) is 1. The molecular weight excluding hydrogens is 302 g/mol. The van der Waals surface area contributed by atoms with E-state index in [2.05, 4.69) is 30.7 Å². The Morgan fingerprint density at radius 2 is 2.12 bits per heavy atom. The first-order valence-electron chi connectivity index (χ1n) is 8.38. The number of carbonyl (C=O) groups is 1. The lowest BCUT2D eigenvalue weighted by Gasteiger charge is -2.26. The molecule has 0 aliphatic carbocycles. The van der Waals surface area contributed by atoms with Gasteiger partial charge in [-0.15, -0.1) is 0 Å². The summed E-state index contributed by atoms with van der Waals surface area (Å²) in [6.07, 6.45) is 2.06. The van der Waals surface area contributed by atoms with Gasteiger partial charge < -0.3 is 5.32 Å². The number of amides is 1. The van der Waals surface area contributed by atoms with E-state index in [1.165, 1.54) is 0 Å². The smallest absolute Gasteiger partial charge is 0.262 e. The molecule has 1 aliphatic rings. The largest absolute Gasteiger partial charge is 0.329 e. The summed E-state index contributed by atoms with van der Waals surface area (Å²) >= 11 is 0. The molecule has 0 bridgehead atoms. The summed E-state index contributed by atoms with van der Waals surface area (Å²) in [5.41, 5.74) is 2.28. The third-order valence-electron chi connectivity index (χ3n) is 4.45. The van der Waals surface area contributed by atoms with Crippen LogP contribution in [0.1, 0.15) is 44.1 Å². The molecule has 1 aromatic carbocycles. The molecule has 0 spiro atoms. The van der Waals surface area contributed by atoms with Gasteiger partial charge in [0.15, 0.2) is 0 Å². The molecule has 2 aromatic rings. The number of allylic oxidation sites excluding steroid dienone is 1. The fourth-order valence-corrected chi connectivity index (χ4v) is 3.41. The average molecular weight is 325 g/mol. The molecule has 1 saturated heterocycles. The molecule has 1 unspecified atom stereocenters. The van der Waals surface area contributed by atoms with E-state index >= 15 is 0 Å². The topological polar surface area (TPSA) is 64.0 Å². The van der Waals surface area contributed by atoms with E-state index in [0.29, 0.717) is 41.2 Å². The minimum Gasteiger partial charge on any atom is -0.329 e. The summed E-state index contributed by atoms with van der Waals surface area (Å²) < 4.78 is 1.55. The number of rotatable bonds is 3. The first-order chi connectivity index (χ1) is 11.4. The molecule has 3 rings (SSSR count). The fourth-order valence-electron chi connectivity index (χ4n) is 3.41. The number of hydrogen-bond acceptors (Lipinski definition) is 3. The van der Waals surface area contributed by atoms with Gasteiger partial charge in [0.2, 0.25) is 5.91 Å². The number of carbonyl (C=O) groups excluding carboxylic acids is 1. The Balaban J connectivity index is 2.20. The highest BCUT2D eigenvalue weighted by Gasteiger charge is 2.28. The molecule has 126 valence electrons. The van der Waals surface area contributed by atoms with Crippen molar-refractivity contribution in [2.45, 2.75) is 46.1 Å². The number of aryl methyl sites for hydroxylation is 1. The average Bonchev–Trinajstić information content (AvgIpc) is 2.48. The van der Waals surface area contributed by atoms with E-state index in [1.54, 1.807) is 11.5 Å². The molecule has 0 saturated carbocycles. The molecule has 1 N–H and O–H groups in total. The normalized spacial score (nSPS) is 18.2. The zero-order valence-electron chi connectivity index (χ0n) is 14.4. The van der Waals surface area contributed by atoms with Crippen LogP contribution < -0.4 is 10.9 Å². The van der Waals surface area contributed by atoms with E-state index in [0.717, 1.165) is 12.0 Å². The van der Waals surface area contributed by atoms with Gasteiger partial charge >= 0.3 is 0 Å². The van der Waals surface area contributed by atoms with Crippen LogP contribution in [-0.4, -0.2) is 15.5 Å². The molecule has 24 heavy (non-hydrogen) atoms. The van der Waals surface area contributed by atoms with Crippen molar-refractivity contribution in [3.05, 3.63) is 52.2 Å². The van der Waals surface area contributed by atoms with Crippen LogP contribution >= 0.6 is 0 Å². The van der Waals surface area contributed by atoms with Gasteiger partial charge in [-0.05, 0) is 43.7 Å². The minimum absolute atomic E-state index is 0.124. The second-order valence-electron chi connectivity index (χ2n) is 6.89. The molecule has 1 fully saturated rings. The quantitative estimate of drug-likeness (QED) is 0.944. The van der Waals surface area contributed by atoms with Gasteiger partial charge in [0.25, 0.3) is 5.56 Å². The number of benzene rings is 1. The highest BCUT2D eigenvalue weighted by Crippen LogP contribution is 2.24. The molecule has 2 heterocycles. The maximum atomic E-state index is 13.2. The van der Waals surface area contributed by atoms with Crippen LogP contribution in [0.5, 0.6) is 0 Å². The van der Waals surface area contributed by atoms with Crippen LogP contribution in [0.2, 0.25) is 0 Å². The van der Waals surface area contributed by atoms with Crippen LogP contribution in [-0.2, 0) is 11.2 Å². The molecule has 5 nitrogen and oxygen atoms in total. The summed E-state index contributed by atoms with van der Waals surface area (Å²) in [7, 11) is 0. The number of piperidine rings is 1. The molecule has 1 amide bonds. The van der Waals surface area contributed by atoms with Crippen molar-refractivity contribution in [3.63, 3.8) is 0 Å². The fraction of sp³-hybridized carbons (Fsp3) is 0.421. The lowest BCUT2D eigenvalue weighted by molar-refractivity contribution is -0.124. The van der Waals surface area contributed by atoms with Gasteiger partial charge in [-0.2, -0.15) is 0 Å². The molecule has 5 heteroatoms. The lowest BCUT2D eigenvalue weighted by Crippen LogP contribution is -2.41. The summed E-state index contributed by atoms with van der Waals surface area (Å²) in [6, 6.07) is 5.26. The van der Waals surface area contributed by atoms with Crippen LogP contribution in [0.25, 0.3) is 10.9 Å². The van der Waals surface area contributed by atoms with Crippen LogP contribution in [0.3, 0.4) is 0 Å². The highest BCUT2D eigenvalue weighted by molar-refractivity contribution is 5.85. The van der Waals surface area contributed by atoms with Crippen LogP contribution in [0.15, 0.2) is 35.3 Å². The van der Waals surface area contributed by atoms with E-state index in [1.807, 2.05) is 18.2 Å². The molecule has 1 aromatic heterocycles. The van der Waals surface area contributed by atoms with Crippen molar-refractivity contribution in [2.24, 2.45) is 5.92 Å². The third-order valence-corrected chi connectivity index (χ3v) is 4.45. The third kappa shape index (κ3) is 2.86. The summed E-state index contributed by atoms with van der Waals surface area (Å²) in [4.78, 5) is 30.1. The molecule has 1 aliphatic heterocycles. The Labute approximate surface area is 141 Å². The maximum absolute atomic E-state index is 13.2. The van der Waals surface area contributed by atoms with E-state index in [9.17, 15) is 9.59 Å². The summed E-state index contributed by atoms with van der Waals surface area (Å²) in [5.74, 6) is 0.826. The molecule has 1 atom stereocenters. The van der Waals surface area contributed by atoms with Gasteiger partial charge in [0.05, 0.1) is 10.9 Å². The predicted octanol–water partition coefficient (Wildman–Crippen LogP) is 2.87. The van der Waals surface area contributed by atoms with Crippen molar-refractivity contribution >= 4 is 16.8 Å². The standard InChI is InChI=1S/C19H23N3O2/c1-11(2)10-14-6-5-7-15-17(14)19(24)22(13(4)21-15)16-9-8-12(3)20-18(16)23/h5-7,11,16H,3,8-10H2,1-2,4H3,(H,20,23). The monoisotopic (exact) mass is 325 g/mol. The Morgan fingerprint density at radius 3 is 2.79 bits per heavy atom. The first-order valence-corrected chi connectivity index (χ1v) is 8.38. The van der Waals surface area contributed by atoms with E-state index < -0.39 is 6.04 Å². The van der Waals surface area contributed by atoms with E-state index in [-0.39, 0.29) is 11.5 Å². The van der Waals surface area contributed by atoms with Gasteiger partial charge in [0.1, 0.15) is 11.9 Å². The number of aromatic nitrogens is 2. The molecular formula is C19H23N3O2. The SMILES string of the molecule is C=C1CCC(n2c(C)nc3cccc(CC(C)C)c3c2=O)C(=O)N1. The summed E-state index contributed by atoms with van der Waals surface area (Å²) in [6.45, 7) is 9.83. The predicted molar refractivity (Wildman–Crippen MR) is 94.8 cm³/mol. The van der Waals surface area contributed by atoms with Crippen LogP contribution in [0.4, 0.5) is 0 Å². The lowest BCUT2D eigenvalue weighted by atomic mass is 9.98. The Bertz CT molecular complexity index is 880. The molecule has 0 radical (unpaired) electrons. The van der Waals surface area contributed by atoms with E-state index in [4.69, 9.17) is 0 Å². The van der Waals surface area contributed by atoms with Gasteiger partial charge in [-0.3, -0.25) is 14.2 Å². The van der Waals surface area contributed by atoms with Crippen LogP contribution in [0, 0.1) is 12.8 Å². The zero-order chi connectivity index (χ0) is 17.4. The van der Waals surface area contributed by atoms with Gasteiger partial charge in [-0.25, -0.2) is 4.98 Å². The maximum Gasteiger partial charge on any atom is 0.262 e. The second kappa shape index (κ2) is 6.23. The van der Waals surface area contributed by atoms with Crippen molar-refractivity contribution < 1.29 is 4.79 Å². The Morgan fingerprint density at radius 1 is 1.38 bits per heavy atom. The Hall–Kier alpha value is -2.43. The second-order valence-corrected chi connectivity index (χ2v) is 6.89. The van der Waals surface area contributed by atoms with Gasteiger partial charge in [0, 0.05) is 5.70 Å².